The maximum Gasteiger partial charge on any atom is 0.277 e. The van der Waals surface area contributed by atoms with E-state index in [0.29, 0.717) is 22.4 Å². The Hall–Kier alpha value is -2.65. The van der Waals surface area contributed by atoms with Gasteiger partial charge in [0.15, 0.2) is 0 Å². The summed E-state index contributed by atoms with van der Waals surface area (Å²) in [6.45, 7) is 0. The highest BCUT2D eigenvalue weighted by Crippen LogP contribution is 2.26. The first-order valence-electron chi connectivity index (χ1n) is 6.21. The van der Waals surface area contributed by atoms with Crippen LogP contribution in [0.2, 0.25) is 0 Å². The summed E-state index contributed by atoms with van der Waals surface area (Å²) in [4.78, 5) is 4.02. The van der Waals surface area contributed by atoms with Crippen molar-refractivity contribution in [2.45, 2.75) is 11.0 Å². The highest BCUT2D eigenvalue weighted by Gasteiger charge is 2.10. The van der Waals surface area contributed by atoms with Gasteiger partial charge in [-0.1, -0.05) is 30.0 Å². The third-order valence-electron chi connectivity index (χ3n) is 2.80. The fraction of sp³-hybridized carbons (Fsp3) is 0.0667. The van der Waals surface area contributed by atoms with Crippen LogP contribution >= 0.6 is 11.8 Å². The van der Waals surface area contributed by atoms with E-state index in [1.165, 1.54) is 11.8 Å². The number of pyridine rings is 1. The summed E-state index contributed by atoms with van der Waals surface area (Å²) in [6, 6.07) is 13.3. The highest BCUT2D eigenvalue weighted by atomic mass is 32.2. The third kappa shape index (κ3) is 3.09. The van der Waals surface area contributed by atoms with Crippen LogP contribution < -0.4 is 0 Å². The second-order valence-electron chi connectivity index (χ2n) is 4.17. The molecule has 0 atom stereocenters. The van der Waals surface area contributed by atoms with E-state index in [2.05, 4.69) is 21.3 Å². The molecule has 5 nitrogen and oxygen atoms in total. The molecule has 21 heavy (non-hydrogen) atoms. The number of aromatic nitrogens is 3. The summed E-state index contributed by atoms with van der Waals surface area (Å²) in [7, 11) is 0. The lowest BCUT2D eigenvalue weighted by molar-refractivity contribution is 0.465. The first kappa shape index (κ1) is 13.3. The number of hydrogen-bond acceptors (Lipinski definition) is 6. The van der Waals surface area contributed by atoms with Crippen molar-refractivity contribution in [3.05, 3.63) is 59.9 Å². The minimum atomic E-state index is 0.444. The van der Waals surface area contributed by atoms with Crippen LogP contribution in [0.1, 0.15) is 11.1 Å². The standard InChI is InChI=1S/C15H10N4OS/c16-8-11-4-1-2-5-13(11)10-21-15-19-18-14(20-15)12-6-3-7-17-9-12/h1-7,9H,10H2. The number of rotatable bonds is 4. The Morgan fingerprint density at radius 2 is 2.05 bits per heavy atom. The fourth-order valence-electron chi connectivity index (χ4n) is 1.77. The van der Waals surface area contributed by atoms with Crippen molar-refractivity contribution in [1.82, 2.24) is 15.2 Å². The van der Waals surface area contributed by atoms with Gasteiger partial charge in [0.05, 0.1) is 17.2 Å². The Kier molecular flexibility index (Phi) is 3.94. The van der Waals surface area contributed by atoms with Gasteiger partial charge in [0, 0.05) is 18.1 Å². The molecule has 0 saturated carbocycles. The van der Waals surface area contributed by atoms with E-state index < -0.39 is 0 Å². The molecule has 0 radical (unpaired) electrons. The molecule has 0 saturated heterocycles. The minimum Gasteiger partial charge on any atom is -0.411 e. The molecule has 0 amide bonds. The number of nitriles is 1. The molecule has 102 valence electrons. The number of hydrogen-bond donors (Lipinski definition) is 0. The second-order valence-corrected chi connectivity index (χ2v) is 5.10. The van der Waals surface area contributed by atoms with Crippen LogP contribution in [0.4, 0.5) is 0 Å². The fourth-order valence-corrected chi connectivity index (χ4v) is 2.54. The predicted octanol–water partition coefficient (Wildman–Crippen LogP) is 3.30. The molecule has 1 aromatic carbocycles. The lowest BCUT2D eigenvalue weighted by Gasteiger charge is -2.00. The summed E-state index contributed by atoms with van der Waals surface area (Å²) in [5, 5.41) is 17.5. The van der Waals surface area contributed by atoms with E-state index in [0.717, 1.165) is 11.1 Å². The molecular formula is C15H10N4OS. The summed E-state index contributed by atoms with van der Waals surface area (Å²) < 4.78 is 5.58. The van der Waals surface area contributed by atoms with E-state index in [4.69, 9.17) is 9.68 Å². The Morgan fingerprint density at radius 3 is 2.86 bits per heavy atom. The first-order chi connectivity index (χ1) is 10.4. The van der Waals surface area contributed by atoms with Crippen molar-refractivity contribution < 1.29 is 4.42 Å². The first-order valence-corrected chi connectivity index (χ1v) is 7.20. The van der Waals surface area contributed by atoms with Crippen molar-refractivity contribution in [2.24, 2.45) is 0 Å². The molecule has 2 aromatic heterocycles. The number of nitrogens with zero attached hydrogens (tertiary/aromatic N) is 4. The zero-order valence-corrected chi connectivity index (χ0v) is 11.7. The van der Waals surface area contributed by atoms with E-state index in [9.17, 15) is 0 Å². The molecule has 3 aromatic rings. The zero-order chi connectivity index (χ0) is 14.5. The van der Waals surface area contributed by atoms with Crippen LogP contribution in [-0.2, 0) is 5.75 Å². The van der Waals surface area contributed by atoms with Crippen molar-refractivity contribution >= 4 is 11.8 Å². The quantitative estimate of drug-likeness (QED) is 0.687. The van der Waals surface area contributed by atoms with Gasteiger partial charge in [0.25, 0.3) is 5.22 Å². The number of benzene rings is 1. The Bertz CT molecular complexity index is 780. The van der Waals surface area contributed by atoms with Crippen LogP contribution in [0.3, 0.4) is 0 Å². The zero-order valence-electron chi connectivity index (χ0n) is 10.9. The molecule has 3 rings (SSSR count). The van der Waals surface area contributed by atoms with E-state index in [-0.39, 0.29) is 0 Å². The normalized spacial score (nSPS) is 10.2. The van der Waals surface area contributed by atoms with Gasteiger partial charge in [0.1, 0.15) is 0 Å². The Morgan fingerprint density at radius 1 is 1.14 bits per heavy atom. The molecule has 0 unspecified atom stereocenters. The lowest BCUT2D eigenvalue weighted by atomic mass is 10.1. The lowest BCUT2D eigenvalue weighted by Crippen LogP contribution is -1.86. The topological polar surface area (TPSA) is 75.6 Å². The van der Waals surface area contributed by atoms with Crippen LogP contribution in [0.15, 0.2) is 58.4 Å². The Balaban J connectivity index is 1.72. The van der Waals surface area contributed by atoms with Gasteiger partial charge in [-0.05, 0) is 23.8 Å². The molecule has 0 bridgehead atoms. The third-order valence-corrected chi connectivity index (χ3v) is 3.67. The molecular weight excluding hydrogens is 284 g/mol. The van der Waals surface area contributed by atoms with Gasteiger partial charge < -0.3 is 4.42 Å². The van der Waals surface area contributed by atoms with Gasteiger partial charge in [0.2, 0.25) is 5.89 Å². The summed E-state index contributed by atoms with van der Waals surface area (Å²) in [6.07, 6.45) is 3.36. The van der Waals surface area contributed by atoms with Gasteiger partial charge in [-0.3, -0.25) is 4.98 Å². The van der Waals surface area contributed by atoms with Gasteiger partial charge >= 0.3 is 0 Å². The monoisotopic (exact) mass is 294 g/mol. The molecule has 0 spiro atoms. The van der Waals surface area contributed by atoms with Crippen molar-refractivity contribution in [3.63, 3.8) is 0 Å². The summed E-state index contributed by atoms with van der Waals surface area (Å²) in [5.74, 6) is 1.05. The number of thioether (sulfide) groups is 1. The second kappa shape index (κ2) is 6.20. The van der Waals surface area contributed by atoms with Crippen molar-refractivity contribution in [1.29, 1.82) is 5.26 Å². The van der Waals surface area contributed by atoms with Crippen molar-refractivity contribution in [3.8, 4) is 17.5 Å². The maximum absolute atomic E-state index is 9.05. The van der Waals surface area contributed by atoms with E-state index >= 15 is 0 Å². The minimum absolute atomic E-state index is 0.444. The van der Waals surface area contributed by atoms with Gasteiger partial charge in [-0.2, -0.15) is 5.26 Å². The largest absolute Gasteiger partial charge is 0.411 e. The molecule has 0 aliphatic carbocycles. The average molecular weight is 294 g/mol. The van der Waals surface area contributed by atoms with Crippen LogP contribution in [0, 0.1) is 11.3 Å². The van der Waals surface area contributed by atoms with Crippen LogP contribution in [-0.4, -0.2) is 15.2 Å². The van der Waals surface area contributed by atoms with Crippen molar-refractivity contribution in [2.75, 3.05) is 0 Å². The van der Waals surface area contributed by atoms with Crippen LogP contribution in [0.25, 0.3) is 11.5 Å². The summed E-state index contributed by atoms with van der Waals surface area (Å²) in [5.41, 5.74) is 2.40. The van der Waals surface area contributed by atoms with Gasteiger partial charge in [-0.15, -0.1) is 10.2 Å². The SMILES string of the molecule is N#Cc1ccccc1CSc1nnc(-c2cccnc2)o1. The van der Waals surface area contributed by atoms with E-state index in [1.54, 1.807) is 18.5 Å². The molecule has 0 aliphatic heterocycles. The molecule has 0 N–H and O–H groups in total. The molecule has 0 fully saturated rings. The Labute approximate surface area is 125 Å². The maximum atomic E-state index is 9.05. The van der Waals surface area contributed by atoms with Crippen LogP contribution in [0.5, 0.6) is 0 Å². The smallest absolute Gasteiger partial charge is 0.277 e. The average Bonchev–Trinajstić information content (AvgIpc) is 3.03. The predicted molar refractivity (Wildman–Crippen MR) is 78.2 cm³/mol. The van der Waals surface area contributed by atoms with E-state index in [1.807, 2.05) is 30.3 Å². The van der Waals surface area contributed by atoms with Gasteiger partial charge in [-0.25, -0.2) is 0 Å². The highest BCUT2D eigenvalue weighted by molar-refractivity contribution is 7.98. The molecule has 6 heteroatoms. The molecule has 2 heterocycles. The summed E-state index contributed by atoms with van der Waals surface area (Å²) >= 11 is 1.41. The molecule has 0 aliphatic rings.